The standard InChI is InChI=1S/C35H48FN5O4/c1-23-18-39(27(19-38-14-13-34(5,6)31(38)43)20-40(23)32(44)45-33(2,3)4)21-29(42)41-22-35(7,8)30-28(41)16-25(17-37-30)15-24-9-11-26(36)12-10-24/h9-12,16-17,23,27H,13-15,18-22H2,1-8H3/t23-,27+/m1/s1. The van der Waals surface area contributed by atoms with Crippen LogP contribution in [0.5, 0.6) is 0 Å². The molecule has 0 N–H and O–H groups in total. The third kappa shape index (κ3) is 7.16. The van der Waals surface area contributed by atoms with Crippen molar-refractivity contribution < 1.29 is 23.5 Å². The predicted molar refractivity (Wildman–Crippen MR) is 172 cm³/mol. The Morgan fingerprint density at radius 1 is 1.04 bits per heavy atom. The highest BCUT2D eigenvalue weighted by Gasteiger charge is 2.45. The summed E-state index contributed by atoms with van der Waals surface area (Å²) in [5.74, 6) is -0.216. The van der Waals surface area contributed by atoms with E-state index < -0.39 is 11.0 Å². The molecule has 5 rings (SSSR count). The zero-order valence-corrected chi connectivity index (χ0v) is 28.0. The van der Waals surface area contributed by atoms with Crippen molar-refractivity contribution in [2.75, 3.05) is 44.2 Å². The Morgan fingerprint density at radius 3 is 2.36 bits per heavy atom. The van der Waals surface area contributed by atoms with Gasteiger partial charge in [-0.2, -0.15) is 0 Å². The molecule has 0 unspecified atom stereocenters. The highest BCUT2D eigenvalue weighted by molar-refractivity contribution is 5.97. The number of hydrogen-bond donors (Lipinski definition) is 0. The van der Waals surface area contributed by atoms with E-state index in [-0.39, 0.29) is 47.8 Å². The number of anilines is 1. The fraction of sp³-hybridized carbons (Fsp3) is 0.600. The number of rotatable bonds is 6. The lowest BCUT2D eigenvalue weighted by Gasteiger charge is -2.46. The van der Waals surface area contributed by atoms with Crippen molar-refractivity contribution in [1.82, 2.24) is 19.7 Å². The summed E-state index contributed by atoms with van der Waals surface area (Å²) in [6.45, 7) is 18.2. The van der Waals surface area contributed by atoms with Gasteiger partial charge in [0.1, 0.15) is 11.4 Å². The normalized spacial score (nSPS) is 23.0. The van der Waals surface area contributed by atoms with Crippen molar-refractivity contribution in [2.24, 2.45) is 5.41 Å². The highest BCUT2D eigenvalue weighted by Crippen LogP contribution is 2.40. The molecule has 10 heteroatoms. The average Bonchev–Trinajstić information content (AvgIpc) is 3.36. The molecule has 0 radical (unpaired) electrons. The molecule has 0 aliphatic carbocycles. The minimum absolute atomic E-state index is 0.0430. The number of fused-ring (bicyclic) bond motifs is 1. The Kier molecular flexibility index (Phi) is 8.76. The molecule has 0 saturated carbocycles. The van der Waals surface area contributed by atoms with Gasteiger partial charge in [-0.05, 0) is 69.9 Å². The van der Waals surface area contributed by atoms with Crippen LogP contribution in [0, 0.1) is 11.2 Å². The third-order valence-corrected chi connectivity index (χ3v) is 9.26. The minimum atomic E-state index is -0.631. The Hall–Kier alpha value is -3.53. The van der Waals surface area contributed by atoms with Crippen LogP contribution in [0.1, 0.15) is 78.6 Å². The van der Waals surface area contributed by atoms with E-state index in [1.54, 1.807) is 17.0 Å². The van der Waals surface area contributed by atoms with E-state index in [1.807, 2.05) is 63.6 Å². The third-order valence-electron chi connectivity index (χ3n) is 9.26. The molecule has 3 amide bonds. The second-order valence-corrected chi connectivity index (χ2v) is 15.3. The van der Waals surface area contributed by atoms with Crippen LogP contribution in [-0.4, -0.2) is 94.5 Å². The summed E-state index contributed by atoms with van der Waals surface area (Å²) in [5.41, 5.74) is 2.22. The lowest BCUT2D eigenvalue weighted by molar-refractivity contribution is -0.135. The van der Waals surface area contributed by atoms with Gasteiger partial charge < -0.3 is 19.4 Å². The Bertz CT molecular complexity index is 1450. The second-order valence-electron chi connectivity index (χ2n) is 15.3. The van der Waals surface area contributed by atoms with Gasteiger partial charge in [0.05, 0.1) is 17.9 Å². The summed E-state index contributed by atoms with van der Waals surface area (Å²) in [5, 5.41) is 0. The van der Waals surface area contributed by atoms with Crippen LogP contribution in [-0.2, 0) is 26.2 Å². The summed E-state index contributed by atoms with van der Waals surface area (Å²) in [6, 6.07) is 8.05. The first-order valence-electron chi connectivity index (χ1n) is 16.0. The summed E-state index contributed by atoms with van der Waals surface area (Å²) < 4.78 is 19.2. The number of halogens is 1. The van der Waals surface area contributed by atoms with Gasteiger partial charge in [0, 0.05) is 61.8 Å². The first-order valence-corrected chi connectivity index (χ1v) is 16.0. The summed E-state index contributed by atoms with van der Waals surface area (Å²) in [6.07, 6.45) is 2.82. The van der Waals surface area contributed by atoms with Gasteiger partial charge in [-0.3, -0.25) is 19.5 Å². The van der Waals surface area contributed by atoms with Crippen molar-refractivity contribution in [1.29, 1.82) is 0 Å². The van der Waals surface area contributed by atoms with E-state index in [4.69, 9.17) is 9.72 Å². The van der Waals surface area contributed by atoms with Gasteiger partial charge in [-0.1, -0.05) is 39.8 Å². The zero-order chi connectivity index (χ0) is 32.9. The molecule has 0 spiro atoms. The summed E-state index contributed by atoms with van der Waals surface area (Å²) in [7, 11) is 0. The molecule has 2 aromatic rings. The maximum Gasteiger partial charge on any atom is 0.410 e. The lowest BCUT2D eigenvalue weighted by Crippen LogP contribution is -2.63. The molecular weight excluding hydrogens is 573 g/mol. The topological polar surface area (TPSA) is 86.3 Å². The molecule has 45 heavy (non-hydrogen) atoms. The van der Waals surface area contributed by atoms with Crippen molar-refractivity contribution >= 4 is 23.6 Å². The number of carbonyl (C=O) groups excluding carboxylic acids is 3. The maximum atomic E-state index is 14.2. The van der Waals surface area contributed by atoms with Gasteiger partial charge >= 0.3 is 6.09 Å². The van der Waals surface area contributed by atoms with Crippen LogP contribution in [0.3, 0.4) is 0 Å². The number of likely N-dealkylation sites (tertiary alicyclic amines) is 1. The van der Waals surface area contributed by atoms with Crippen LogP contribution in [0.4, 0.5) is 14.9 Å². The first kappa shape index (κ1) is 32.9. The quantitative estimate of drug-likeness (QED) is 0.451. The summed E-state index contributed by atoms with van der Waals surface area (Å²) >= 11 is 0. The molecule has 3 aliphatic rings. The van der Waals surface area contributed by atoms with E-state index in [0.717, 1.165) is 28.9 Å². The van der Waals surface area contributed by atoms with E-state index >= 15 is 0 Å². The fourth-order valence-corrected chi connectivity index (χ4v) is 6.72. The van der Waals surface area contributed by atoms with E-state index in [0.29, 0.717) is 39.1 Å². The molecule has 1 aromatic carbocycles. The number of benzene rings is 1. The first-order chi connectivity index (χ1) is 20.9. The largest absolute Gasteiger partial charge is 0.444 e. The number of hydrogen-bond acceptors (Lipinski definition) is 6. The Balaban J connectivity index is 1.37. The van der Waals surface area contributed by atoms with Crippen molar-refractivity contribution in [3.8, 4) is 0 Å². The van der Waals surface area contributed by atoms with E-state index in [9.17, 15) is 18.8 Å². The SMILES string of the molecule is C[C@@H]1CN(CC(=O)N2CC(C)(C)c3ncc(Cc4ccc(F)cc4)cc32)[C@@H](CN2CCC(C)(C)C2=O)CN1C(=O)OC(C)(C)C. The molecule has 2 atom stereocenters. The smallest absolute Gasteiger partial charge is 0.410 e. The minimum Gasteiger partial charge on any atom is -0.444 e. The van der Waals surface area contributed by atoms with Gasteiger partial charge in [0.25, 0.3) is 0 Å². The van der Waals surface area contributed by atoms with Gasteiger partial charge in [-0.25, -0.2) is 9.18 Å². The maximum absolute atomic E-state index is 14.2. The van der Waals surface area contributed by atoms with Crippen LogP contribution >= 0.6 is 0 Å². The number of nitrogens with zero attached hydrogens (tertiary/aromatic N) is 5. The average molecular weight is 622 g/mol. The molecule has 4 heterocycles. The van der Waals surface area contributed by atoms with Crippen molar-refractivity contribution in [3.05, 3.63) is 59.2 Å². The number of ether oxygens (including phenoxy) is 1. The molecule has 2 fully saturated rings. The number of pyridine rings is 1. The molecule has 1 aromatic heterocycles. The Morgan fingerprint density at radius 2 is 1.73 bits per heavy atom. The highest BCUT2D eigenvalue weighted by atomic mass is 19.1. The molecule has 0 bridgehead atoms. The fourth-order valence-electron chi connectivity index (χ4n) is 6.72. The molecular formula is C35H48FN5O4. The number of aromatic nitrogens is 1. The van der Waals surface area contributed by atoms with Gasteiger partial charge in [0.2, 0.25) is 11.8 Å². The number of amides is 3. The summed E-state index contributed by atoms with van der Waals surface area (Å²) in [4.78, 5) is 52.9. The predicted octanol–water partition coefficient (Wildman–Crippen LogP) is 5.00. The van der Waals surface area contributed by atoms with Gasteiger partial charge in [-0.15, -0.1) is 0 Å². The molecule has 2 saturated heterocycles. The van der Waals surface area contributed by atoms with E-state index in [1.165, 1.54) is 12.1 Å². The molecule has 9 nitrogen and oxygen atoms in total. The van der Waals surface area contributed by atoms with Crippen LogP contribution < -0.4 is 4.90 Å². The number of piperazine rings is 1. The second kappa shape index (κ2) is 12.0. The van der Waals surface area contributed by atoms with Crippen LogP contribution in [0.25, 0.3) is 0 Å². The van der Waals surface area contributed by atoms with Crippen molar-refractivity contribution in [3.63, 3.8) is 0 Å². The van der Waals surface area contributed by atoms with E-state index in [2.05, 4.69) is 18.7 Å². The van der Waals surface area contributed by atoms with Gasteiger partial charge in [0.15, 0.2) is 0 Å². The van der Waals surface area contributed by atoms with Crippen LogP contribution in [0.2, 0.25) is 0 Å². The Labute approximate surface area is 266 Å². The van der Waals surface area contributed by atoms with Crippen molar-refractivity contribution in [2.45, 2.75) is 91.3 Å². The zero-order valence-electron chi connectivity index (χ0n) is 28.0. The number of carbonyl (C=O) groups is 3. The monoisotopic (exact) mass is 621 g/mol. The lowest BCUT2D eigenvalue weighted by atomic mass is 9.91. The van der Waals surface area contributed by atoms with Crippen LogP contribution in [0.15, 0.2) is 36.5 Å². The molecule has 244 valence electrons. The molecule has 3 aliphatic heterocycles.